The zero-order valence-electron chi connectivity index (χ0n) is 11.0. The minimum Gasteiger partial charge on any atom is -0.395 e. The second kappa shape index (κ2) is 5.59. The SMILES string of the molecule is OCCn1c(N2CCCNCC2)nc2ccccc21. The van der Waals surface area contributed by atoms with Gasteiger partial charge >= 0.3 is 0 Å². The molecule has 0 atom stereocenters. The number of aliphatic hydroxyl groups is 1. The highest BCUT2D eigenvalue weighted by molar-refractivity contribution is 5.78. The van der Waals surface area contributed by atoms with Gasteiger partial charge in [0.25, 0.3) is 0 Å². The average Bonchev–Trinajstić information content (AvgIpc) is 2.64. The molecule has 1 aromatic carbocycles. The normalized spacial score (nSPS) is 16.8. The standard InChI is InChI=1S/C14H20N4O/c19-11-10-18-13-5-2-1-4-12(13)16-14(18)17-8-3-6-15-7-9-17/h1-2,4-5,15,19H,3,6-11H2. The van der Waals surface area contributed by atoms with Gasteiger partial charge in [0, 0.05) is 26.2 Å². The Bertz CT molecular complexity index is 543. The fraction of sp³-hybridized carbons (Fsp3) is 0.500. The van der Waals surface area contributed by atoms with Crippen molar-refractivity contribution in [3.63, 3.8) is 0 Å². The number of aliphatic hydroxyl groups excluding tert-OH is 1. The molecule has 5 heteroatoms. The maximum absolute atomic E-state index is 9.30. The first-order valence-corrected chi connectivity index (χ1v) is 6.92. The molecule has 1 aliphatic rings. The highest BCUT2D eigenvalue weighted by atomic mass is 16.3. The molecule has 2 heterocycles. The van der Waals surface area contributed by atoms with Crippen LogP contribution >= 0.6 is 0 Å². The van der Waals surface area contributed by atoms with E-state index < -0.39 is 0 Å². The van der Waals surface area contributed by atoms with Gasteiger partial charge in [-0.1, -0.05) is 12.1 Å². The third-order valence-corrected chi connectivity index (χ3v) is 3.58. The number of para-hydroxylation sites is 2. The molecule has 1 fully saturated rings. The number of fused-ring (bicyclic) bond motifs is 1. The van der Waals surface area contributed by atoms with Gasteiger partial charge in [0.05, 0.1) is 17.6 Å². The monoisotopic (exact) mass is 260 g/mol. The first-order chi connectivity index (χ1) is 9.40. The van der Waals surface area contributed by atoms with Crippen LogP contribution in [0, 0.1) is 0 Å². The molecule has 3 rings (SSSR count). The Morgan fingerprint density at radius 1 is 1.21 bits per heavy atom. The molecule has 5 nitrogen and oxygen atoms in total. The molecule has 0 radical (unpaired) electrons. The van der Waals surface area contributed by atoms with Crippen molar-refractivity contribution in [2.75, 3.05) is 37.7 Å². The van der Waals surface area contributed by atoms with E-state index in [1.165, 1.54) is 0 Å². The third-order valence-electron chi connectivity index (χ3n) is 3.58. The fourth-order valence-corrected chi connectivity index (χ4v) is 2.67. The Labute approximate surface area is 112 Å². The number of nitrogens with one attached hydrogen (secondary N) is 1. The largest absolute Gasteiger partial charge is 0.395 e. The smallest absolute Gasteiger partial charge is 0.206 e. The van der Waals surface area contributed by atoms with E-state index in [1.54, 1.807) is 0 Å². The fourth-order valence-electron chi connectivity index (χ4n) is 2.67. The second-order valence-corrected chi connectivity index (χ2v) is 4.87. The van der Waals surface area contributed by atoms with Crippen LogP contribution in [0.1, 0.15) is 6.42 Å². The summed E-state index contributed by atoms with van der Waals surface area (Å²) in [4.78, 5) is 7.06. The Balaban J connectivity index is 2.02. The minimum absolute atomic E-state index is 0.138. The van der Waals surface area contributed by atoms with Crippen molar-refractivity contribution in [2.45, 2.75) is 13.0 Å². The van der Waals surface area contributed by atoms with Gasteiger partial charge in [-0.3, -0.25) is 0 Å². The molecule has 1 aliphatic heterocycles. The van der Waals surface area contributed by atoms with Crippen LogP contribution in [0.2, 0.25) is 0 Å². The van der Waals surface area contributed by atoms with Crippen LogP contribution in [0.25, 0.3) is 11.0 Å². The van der Waals surface area contributed by atoms with Crippen molar-refractivity contribution in [1.82, 2.24) is 14.9 Å². The van der Waals surface area contributed by atoms with Crippen LogP contribution in [0.15, 0.2) is 24.3 Å². The number of nitrogens with zero attached hydrogens (tertiary/aromatic N) is 3. The number of rotatable bonds is 3. The van der Waals surface area contributed by atoms with Crippen LogP contribution in [-0.4, -0.2) is 47.4 Å². The molecule has 0 saturated carbocycles. The van der Waals surface area contributed by atoms with E-state index in [2.05, 4.69) is 20.9 Å². The van der Waals surface area contributed by atoms with Crippen molar-refractivity contribution in [1.29, 1.82) is 0 Å². The molecule has 0 bridgehead atoms. The van der Waals surface area contributed by atoms with Crippen LogP contribution in [0.5, 0.6) is 0 Å². The summed E-state index contributed by atoms with van der Waals surface area (Å²) in [5.41, 5.74) is 2.10. The molecule has 1 aromatic heterocycles. The Morgan fingerprint density at radius 3 is 3.00 bits per heavy atom. The van der Waals surface area contributed by atoms with Crippen LogP contribution in [0.4, 0.5) is 5.95 Å². The van der Waals surface area contributed by atoms with Gasteiger partial charge in [-0.15, -0.1) is 0 Å². The summed E-state index contributed by atoms with van der Waals surface area (Å²) >= 11 is 0. The lowest BCUT2D eigenvalue weighted by Crippen LogP contribution is -2.30. The van der Waals surface area contributed by atoms with Gasteiger partial charge in [0.1, 0.15) is 0 Å². The topological polar surface area (TPSA) is 53.3 Å². The van der Waals surface area contributed by atoms with Crippen LogP contribution in [0.3, 0.4) is 0 Å². The van der Waals surface area contributed by atoms with Crippen LogP contribution in [-0.2, 0) is 6.54 Å². The van der Waals surface area contributed by atoms with Gasteiger partial charge in [0.15, 0.2) is 0 Å². The number of hydrogen-bond acceptors (Lipinski definition) is 4. The molecule has 0 unspecified atom stereocenters. The molecule has 0 spiro atoms. The summed E-state index contributed by atoms with van der Waals surface area (Å²) in [6, 6.07) is 8.12. The van der Waals surface area contributed by atoms with E-state index >= 15 is 0 Å². The Hall–Kier alpha value is -1.59. The predicted octanol–water partition coefficient (Wildman–Crippen LogP) is 0.828. The quantitative estimate of drug-likeness (QED) is 0.858. The molecular formula is C14H20N4O. The molecule has 1 saturated heterocycles. The molecule has 2 N–H and O–H groups in total. The highest BCUT2D eigenvalue weighted by Gasteiger charge is 2.17. The minimum atomic E-state index is 0.138. The first kappa shape index (κ1) is 12.4. The van der Waals surface area contributed by atoms with Crippen molar-refractivity contribution in [3.8, 4) is 0 Å². The summed E-state index contributed by atoms with van der Waals surface area (Å²) in [6.45, 7) is 4.77. The molecule has 0 aliphatic carbocycles. The summed E-state index contributed by atoms with van der Waals surface area (Å²) in [5.74, 6) is 0.985. The number of aromatic nitrogens is 2. The van der Waals surface area contributed by atoms with Crippen molar-refractivity contribution in [2.24, 2.45) is 0 Å². The molecule has 102 valence electrons. The van der Waals surface area contributed by atoms with E-state index in [0.29, 0.717) is 6.54 Å². The second-order valence-electron chi connectivity index (χ2n) is 4.87. The van der Waals surface area contributed by atoms with Gasteiger partial charge in [-0.05, 0) is 25.1 Å². The Morgan fingerprint density at radius 2 is 2.11 bits per heavy atom. The maximum atomic E-state index is 9.30. The molecule has 0 amide bonds. The van der Waals surface area contributed by atoms with Gasteiger partial charge in [0.2, 0.25) is 5.95 Å². The molecule has 2 aromatic rings. The van der Waals surface area contributed by atoms with Crippen molar-refractivity contribution >= 4 is 17.0 Å². The van der Waals surface area contributed by atoms with E-state index in [0.717, 1.165) is 49.6 Å². The maximum Gasteiger partial charge on any atom is 0.206 e. The molecule has 19 heavy (non-hydrogen) atoms. The van der Waals surface area contributed by atoms with Gasteiger partial charge < -0.3 is 19.9 Å². The zero-order valence-corrected chi connectivity index (χ0v) is 11.0. The lowest BCUT2D eigenvalue weighted by atomic mass is 10.3. The summed E-state index contributed by atoms with van der Waals surface area (Å²) in [5, 5.41) is 12.7. The predicted molar refractivity (Wildman–Crippen MR) is 76.5 cm³/mol. The summed E-state index contributed by atoms with van der Waals surface area (Å²) in [7, 11) is 0. The van der Waals surface area contributed by atoms with Crippen molar-refractivity contribution in [3.05, 3.63) is 24.3 Å². The van der Waals surface area contributed by atoms with E-state index in [9.17, 15) is 5.11 Å². The third kappa shape index (κ3) is 2.43. The van der Waals surface area contributed by atoms with E-state index in [-0.39, 0.29) is 6.61 Å². The number of benzene rings is 1. The number of hydrogen-bond donors (Lipinski definition) is 2. The Kier molecular flexibility index (Phi) is 3.66. The zero-order chi connectivity index (χ0) is 13.1. The molecular weight excluding hydrogens is 240 g/mol. The lowest BCUT2D eigenvalue weighted by Gasteiger charge is -2.22. The number of anilines is 1. The first-order valence-electron chi connectivity index (χ1n) is 6.92. The summed E-state index contributed by atoms with van der Waals surface area (Å²) in [6.07, 6.45) is 1.13. The average molecular weight is 260 g/mol. The van der Waals surface area contributed by atoms with E-state index in [1.807, 2.05) is 18.2 Å². The van der Waals surface area contributed by atoms with Crippen molar-refractivity contribution < 1.29 is 5.11 Å². The van der Waals surface area contributed by atoms with Gasteiger partial charge in [-0.2, -0.15) is 0 Å². The van der Waals surface area contributed by atoms with Crippen LogP contribution < -0.4 is 10.2 Å². The highest BCUT2D eigenvalue weighted by Crippen LogP contribution is 2.22. The van der Waals surface area contributed by atoms with Gasteiger partial charge in [-0.25, -0.2) is 4.98 Å². The lowest BCUT2D eigenvalue weighted by molar-refractivity contribution is 0.278. The number of imidazole rings is 1. The van der Waals surface area contributed by atoms with E-state index in [4.69, 9.17) is 4.98 Å². The summed E-state index contributed by atoms with van der Waals surface area (Å²) < 4.78 is 2.13.